The molecule has 0 aliphatic carbocycles. The van der Waals surface area contributed by atoms with E-state index in [-0.39, 0.29) is 11.8 Å². The highest BCUT2D eigenvalue weighted by molar-refractivity contribution is 5.96. The minimum absolute atomic E-state index is 0.00254. The van der Waals surface area contributed by atoms with Crippen molar-refractivity contribution >= 4 is 17.3 Å². The van der Waals surface area contributed by atoms with Gasteiger partial charge in [-0.3, -0.25) is 10.1 Å². The maximum absolute atomic E-state index is 11.9. The van der Waals surface area contributed by atoms with E-state index < -0.39 is 10.9 Å². The van der Waals surface area contributed by atoms with E-state index in [9.17, 15) is 14.9 Å². The van der Waals surface area contributed by atoms with E-state index in [1.54, 1.807) is 0 Å². The Hall–Kier alpha value is -2.15. The number of hydrogen-bond acceptors (Lipinski definition) is 6. The number of esters is 1. The summed E-state index contributed by atoms with van der Waals surface area (Å²) in [5, 5.41) is 11.0. The first-order valence-electron chi connectivity index (χ1n) is 6.76. The van der Waals surface area contributed by atoms with E-state index in [4.69, 9.17) is 9.47 Å². The van der Waals surface area contributed by atoms with Gasteiger partial charge in [-0.2, -0.15) is 0 Å². The van der Waals surface area contributed by atoms with Crippen molar-refractivity contribution in [3.05, 3.63) is 33.9 Å². The summed E-state index contributed by atoms with van der Waals surface area (Å²) >= 11 is 0. The number of hydrogen-bond donors (Lipinski definition) is 0. The molecular formula is C14H18N2O5. The third kappa shape index (κ3) is 3.49. The zero-order valence-electron chi connectivity index (χ0n) is 12.1. The lowest BCUT2D eigenvalue weighted by Gasteiger charge is -2.25. The number of anilines is 1. The summed E-state index contributed by atoms with van der Waals surface area (Å²) in [5.41, 5.74) is 0.807. The Morgan fingerprint density at radius 3 is 2.95 bits per heavy atom. The number of nitrogens with zero attached hydrogens (tertiary/aromatic N) is 2. The van der Waals surface area contributed by atoms with Gasteiger partial charge in [0.1, 0.15) is 0 Å². The summed E-state index contributed by atoms with van der Waals surface area (Å²) < 4.78 is 10.3. The molecule has 1 aromatic rings. The van der Waals surface area contributed by atoms with Crippen molar-refractivity contribution in [3.63, 3.8) is 0 Å². The Kier molecular flexibility index (Phi) is 4.74. The number of carbonyl (C=O) groups excluding carboxylic acids is 1. The van der Waals surface area contributed by atoms with E-state index >= 15 is 0 Å². The third-order valence-electron chi connectivity index (χ3n) is 3.39. The van der Waals surface area contributed by atoms with Crippen LogP contribution in [0, 0.1) is 10.1 Å². The second kappa shape index (κ2) is 6.53. The molecule has 1 unspecified atom stereocenters. The number of nitro groups is 1. The minimum Gasteiger partial charge on any atom is -0.465 e. The predicted octanol–water partition coefficient (Wildman–Crippen LogP) is 2.00. The fraction of sp³-hybridized carbons (Fsp3) is 0.500. The quantitative estimate of drug-likeness (QED) is 0.482. The van der Waals surface area contributed by atoms with Crippen LogP contribution in [-0.4, -0.2) is 43.8 Å². The molecule has 0 amide bonds. The maximum atomic E-state index is 11.9. The molecule has 1 aliphatic heterocycles. The molecule has 0 spiro atoms. The normalized spacial score (nSPS) is 19.0. The summed E-state index contributed by atoms with van der Waals surface area (Å²) in [5.74, 6) is -0.502. The lowest BCUT2D eigenvalue weighted by atomic mass is 10.1. The SMILES string of the molecule is COC(=O)c1ccc([N+](=O)[O-])cc1N1CCCOC(C)C1. The van der Waals surface area contributed by atoms with Crippen molar-refractivity contribution < 1.29 is 19.2 Å². The van der Waals surface area contributed by atoms with Crippen LogP contribution in [0.25, 0.3) is 0 Å². The summed E-state index contributed by atoms with van der Waals surface area (Å²) in [6.45, 7) is 3.83. The smallest absolute Gasteiger partial charge is 0.339 e. The fourth-order valence-electron chi connectivity index (χ4n) is 2.39. The predicted molar refractivity (Wildman–Crippen MR) is 76.7 cm³/mol. The van der Waals surface area contributed by atoms with Gasteiger partial charge in [-0.15, -0.1) is 0 Å². The molecule has 114 valence electrons. The van der Waals surface area contributed by atoms with Crippen molar-refractivity contribution in [2.45, 2.75) is 19.4 Å². The van der Waals surface area contributed by atoms with E-state index in [1.165, 1.54) is 25.3 Å². The molecule has 7 heteroatoms. The molecule has 0 saturated carbocycles. The molecule has 1 aromatic carbocycles. The van der Waals surface area contributed by atoms with Crippen LogP contribution in [0.4, 0.5) is 11.4 Å². The molecule has 0 radical (unpaired) electrons. The van der Waals surface area contributed by atoms with E-state index in [0.717, 1.165) is 6.42 Å². The molecule has 1 atom stereocenters. The van der Waals surface area contributed by atoms with Crippen LogP contribution in [0.5, 0.6) is 0 Å². The number of carbonyl (C=O) groups is 1. The van der Waals surface area contributed by atoms with Crippen LogP contribution >= 0.6 is 0 Å². The number of ether oxygens (including phenoxy) is 2. The summed E-state index contributed by atoms with van der Waals surface area (Å²) in [6, 6.07) is 4.17. The lowest BCUT2D eigenvalue weighted by Crippen LogP contribution is -2.31. The van der Waals surface area contributed by atoms with Gasteiger partial charge in [0.15, 0.2) is 0 Å². The Bertz CT molecular complexity index is 546. The molecule has 2 rings (SSSR count). The van der Waals surface area contributed by atoms with E-state index in [2.05, 4.69) is 0 Å². The molecule has 7 nitrogen and oxygen atoms in total. The molecule has 0 bridgehead atoms. The monoisotopic (exact) mass is 294 g/mol. The first-order chi connectivity index (χ1) is 10.0. The minimum atomic E-state index is -0.502. The third-order valence-corrected chi connectivity index (χ3v) is 3.39. The lowest BCUT2D eigenvalue weighted by molar-refractivity contribution is -0.384. The molecule has 0 aromatic heterocycles. The second-order valence-corrected chi connectivity index (χ2v) is 4.93. The Morgan fingerprint density at radius 1 is 1.52 bits per heavy atom. The van der Waals surface area contributed by atoms with Crippen molar-refractivity contribution in [3.8, 4) is 0 Å². The Labute approximate surface area is 122 Å². The standard InChI is InChI=1S/C14H18N2O5/c1-10-9-15(6-3-7-21-10)13-8-11(16(18)19)4-5-12(13)14(17)20-2/h4-5,8,10H,3,6-7,9H2,1-2H3. The molecule has 21 heavy (non-hydrogen) atoms. The van der Waals surface area contributed by atoms with Gasteiger partial charge in [0.25, 0.3) is 5.69 Å². The molecular weight excluding hydrogens is 276 g/mol. The number of methoxy groups -OCH3 is 1. The number of non-ortho nitro benzene ring substituents is 1. The van der Waals surface area contributed by atoms with E-state index in [0.29, 0.717) is 30.9 Å². The average Bonchev–Trinajstić information content (AvgIpc) is 2.70. The number of benzene rings is 1. The highest BCUT2D eigenvalue weighted by atomic mass is 16.6. The second-order valence-electron chi connectivity index (χ2n) is 4.93. The van der Waals surface area contributed by atoms with Crippen molar-refractivity contribution in [2.75, 3.05) is 31.7 Å². The van der Waals surface area contributed by atoms with Gasteiger partial charge in [0.2, 0.25) is 0 Å². The number of rotatable bonds is 3. The zero-order valence-corrected chi connectivity index (χ0v) is 12.1. The Morgan fingerprint density at radius 2 is 2.29 bits per heavy atom. The van der Waals surface area contributed by atoms with Gasteiger partial charge in [-0.25, -0.2) is 4.79 Å². The zero-order chi connectivity index (χ0) is 15.4. The Balaban J connectivity index is 2.43. The first kappa shape index (κ1) is 15.2. The van der Waals surface area contributed by atoms with Crippen molar-refractivity contribution in [1.82, 2.24) is 0 Å². The van der Waals surface area contributed by atoms with Crippen LogP contribution in [0.15, 0.2) is 18.2 Å². The van der Waals surface area contributed by atoms with Crippen molar-refractivity contribution in [1.29, 1.82) is 0 Å². The first-order valence-corrected chi connectivity index (χ1v) is 6.76. The van der Waals surface area contributed by atoms with Crippen LogP contribution in [-0.2, 0) is 9.47 Å². The summed E-state index contributed by atoms with van der Waals surface area (Å²) in [4.78, 5) is 24.3. The topological polar surface area (TPSA) is 81.9 Å². The van der Waals surface area contributed by atoms with Gasteiger partial charge in [0, 0.05) is 31.8 Å². The molecule has 1 aliphatic rings. The molecule has 1 saturated heterocycles. The van der Waals surface area contributed by atoms with Crippen LogP contribution in [0.3, 0.4) is 0 Å². The van der Waals surface area contributed by atoms with Crippen LogP contribution < -0.4 is 4.90 Å². The highest BCUT2D eigenvalue weighted by Crippen LogP contribution is 2.28. The van der Waals surface area contributed by atoms with E-state index in [1.807, 2.05) is 11.8 Å². The van der Waals surface area contributed by atoms with Gasteiger partial charge >= 0.3 is 5.97 Å². The van der Waals surface area contributed by atoms with Gasteiger partial charge < -0.3 is 14.4 Å². The van der Waals surface area contributed by atoms with Crippen molar-refractivity contribution in [2.24, 2.45) is 0 Å². The highest BCUT2D eigenvalue weighted by Gasteiger charge is 2.23. The fourth-order valence-corrected chi connectivity index (χ4v) is 2.39. The molecule has 0 N–H and O–H groups in total. The van der Waals surface area contributed by atoms with Gasteiger partial charge in [-0.1, -0.05) is 0 Å². The molecule has 1 heterocycles. The largest absolute Gasteiger partial charge is 0.465 e. The summed E-state index contributed by atoms with van der Waals surface area (Å²) in [6.07, 6.45) is 0.797. The maximum Gasteiger partial charge on any atom is 0.339 e. The van der Waals surface area contributed by atoms with Crippen LogP contribution in [0.1, 0.15) is 23.7 Å². The molecule has 1 fully saturated rings. The summed E-state index contributed by atoms with van der Waals surface area (Å²) in [7, 11) is 1.29. The van der Waals surface area contributed by atoms with Gasteiger partial charge in [-0.05, 0) is 19.4 Å². The van der Waals surface area contributed by atoms with Crippen LogP contribution in [0.2, 0.25) is 0 Å². The number of nitro benzene ring substituents is 1. The van der Waals surface area contributed by atoms with Gasteiger partial charge in [0.05, 0.1) is 29.4 Å². The average molecular weight is 294 g/mol.